The van der Waals surface area contributed by atoms with Gasteiger partial charge in [-0.25, -0.2) is 0 Å². The standard InChI is InChI=1S/C22H38N4O2/c1-3-23-22(24-12-7-8-14-26-15-18-27-19-16-26)25-13-9-17-28-20(2)21-10-5-4-6-11-21/h4-6,10-11,20H,3,7-9,12-19H2,1-2H3,(H2,23,24,25). The average molecular weight is 391 g/mol. The lowest BCUT2D eigenvalue weighted by atomic mass is 10.1. The third-order valence-corrected chi connectivity index (χ3v) is 4.85. The largest absolute Gasteiger partial charge is 0.379 e. The molecule has 1 unspecified atom stereocenters. The van der Waals surface area contributed by atoms with Crippen LogP contribution in [0, 0.1) is 0 Å². The molecule has 1 saturated heterocycles. The van der Waals surface area contributed by atoms with Crippen LogP contribution in [0.1, 0.15) is 44.8 Å². The van der Waals surface area contributed by atoms with Gasteiger partial charge in [-0.05, 0) is 45.2 Å². The van der Waals surface area contributed by atoms with Gasteiger partial charge in [0.1, 0.15) is 0 Å². The molecule has 28 heavy (non-hydrogen) atoms. The third-order valence-electron chi connectivity index (χ3n) is 4.85. The minimum Gasteiger partial charge on any atom is -0.379 e. The number of nitrogens with one attached hydrogen (secondary N) is 2. The molecular weight excluding hydrogens is 352 g/mol. The van der Waals surface area contributed by atoms with Crippen LogP contribution in [0.15, 0.2) is 35.3 Å². The number of hydrogen-bond donors (Lipinski definition) is 2. The summed E-state index contributed by atoms with van der Waals surface area (Å²) in [6, 6.07) is 10.3. The van der Waals surface area contributed by atoms with Gasteiger partial charge < -0.3 is 20.1 Å². The van der Waals surface area contributed by atoms with Gasteiger partial charge in [0.05, 0.1) is 19.3 Å². The Hall–Kier alpha value is -1.63. The highest BCUT2D eigenvalue weighted by molar-refractivity contribution is 5.79. The Kier molecular flexibility index (Phi) is 11.6. The molecule has 6 heteroatoms. The number of rotatable bonds is 12. The zero-order chi connectivity index (χ0) is 19.9. The monoisotopic (exact) mass is 390 g/mol. The van der Waals surface area contributed by atoms with Gasteiger partial charge in [0.2, 0.25) is 0 Å². The molecule has 1 aliphatic heterocycles. The predicted molar refractivity (Wildman–Crippen MR) is 116 cm³/mol. The van der Waals surface area contributed by atoms with Crippen LogP contribution in [0.3, 0.4) is 0 Å². The highest BCUT2D eigenvalue weighted by atomic mass is 16.5. The maximum absolute atomic E-state index is 5.92. The minimum absolute atomic E-state index is 0.128. The smallest absolute Gasteiger partial charge is 0.191 e. The average Bonchev–Trinajstić information content (AvgIpc) is 2.74. The van der Waals surface area contributed by atoms with E-state index in [2.05, 4.69) is 58.6 Å². The molecule has 0 spiro atoms. The lowest BCUT2D eigenvalue weighted by molar-refractivity contribution is 0.0372. The van der Waals surface area contributed by atoms with Gasteiger partial charge in [-0.1, -0.05) is 30.3 Å². The number of benzene rings is 1. The highest BCUT2D eigenvalue weighted by Gasteiger charge is 2.09. The molecule has 1 fully saturated rings. The van der Waals surface area contributed by atoms with E-state index in [9.17, 15) is 0 Å². The van der Waals surface area contributed by atoms with Crippen molar-refractivity contribution in [3.8, 4) is 0 Å². The number of hydrogen-bond acceptors (Lipinski definition) is 4. The van der Waals surface area contributed by atoms with Crippen LogP contribution in [-0.2, 0) is 9.47 Å². The van der Waals surface area contributed by atoms with Gasteiger partial charge in [-0.15, -0.1) is 0 Å². The summed E-state index contributed by atoms with van der Waals surface area (Å²) < 4.78 is 11.3. The van der Waals surface area contributed by atoms with Crippen LogP contribution in [0.25, 0.3) is 0 Å². The molecule has 1 aromatic rings. The number of guanidine groups is 1. The van der Waals surface area contributed by atoms with Crippen LogP contribution in [0.5, 0.6) is 0 Å². The molecule has 0 bridgehead atoms. The Balaban J connectivity index is 1.55. The van der Waals surface area contributed by atoms with Gasteiger partial charge in [0.15, 0.2) is 5.96 Å². The Morgan fingerprint density at radius 2 is 1.93 bits per heavy atom. The lowest BCUT2D eigenvalue weighted by Gasteiger charge is -2.26. The summed E-state index contributed by atoms with van der Waals surface area (Å²) >= 11 is 0. The Morgan fingerprint density at radius 1 is 1.14 bits per heavy atom. The van der Waals surface area contributed by atoms with Crippen LogP contribution in [-0.4, -0.2) is 69.9 Å². The van der Waals surface area contributed by atoms with Crippen molar-refractivity contribution < 1.29 is 9.47 Å². The van der Waals surface area contributed by atoms with Crippen molar-refractivity contribution in [2.24, 2.45) is 4.99 Å². The van der Waals surface area contributed by atoms with E-state index in [0.29, 0.717) is 0 Å². The summed E-state index contributed by atoms with van der Waals surface area (Å²) in [5, 5.41) is 6.76. The van der Waals surface area contributed by atoms with Gasteiger partial charge in [-0.2, -0.15) is 0 Å². The summed E-state index contributed by atoms with van der Waals surface area (Å²) in [7, 11) is 0. The molecule has 2 N–H and O–H groups in total. The normalized spacial score (nSPS) is 16.7. The Morgan fingerprint density at radius 3 is 2.68 bits per heavy atom. The molecule has 1 aromatic carbocycles. The number of aliphatic imine (C=N–C) groups is 1. The second-order valence-corrected chi connectivity index (χ2v) is 7.13. The van der Waals surface area contributed by atoms with Gasteiger partial charge in [0, 0.05) is 39.3 Å². The van der Waals surface area contributed by atoms with Crippen molar-refractivity contribution in [3.05, 3.63) is 35.9 Å². The fourth-order valence-electron chi connectivity index (χ4n) is 3.17. The number of morpholine rings is 1. The third kappa shape index (κ3) is 9.53. The summed E-state index contributed by atoms with van der Waals surface area (Å²) in [5.41, 5.74) is 1.22. The molecule has 1 atom stereocenters. The minimum atomic E-state index is 0.128. The van der Waals surface area contributed by atoms with E-state index in [1.54, 1.807) is 0 Å². The summed E-state index contributed by atoms with van der Waals surface area (Å²) in [6.45, 7) is 12.6. The second kappa shape index (κ2) is 14.4. The summed E-state index contributed by atoms with van der Waals surface area (Å²) in [5.74, 6) is 0.907. The highest BCUT2D eigenvalue weighted by Crippen LogP contribution is 2.15. The van der Waals surface area contributed by atoms with Gasteiger partial charge in [0.25, 0.3) is 0 Å². The first-order valence-electron chi connectivity index (χ1n) is 10.8. The molecule has 0 radical (unpaired) electrons. The Labute approximate surface area is 170 Å². The van der Waals surface area contributed by atoms with Crippen molar-refractivity contribution in [3.63, 3.8) is 0 Å². The van der Waals surface area contributed by atoms with Gasteiger partial charge >= 0.3 is 0 Å². The van der Waals surface area contributed by atoms with Gasteiger partial charge in [-0.3, -0.25) is 9.89 Å². The summed E-state index contributed by atoms with van der Waals surface area (Å²) in [4.78, 5) is 7.14. The van der Waals surface area contributed by atoms with E-state index in [4.69, 9.17) is 9.47 Å². The fourth-order valence-corrected chi connectivity index (χ4v) is 3.17. The first kappa shape index (κ1) is 22.7. The van der Waals surface area contributed by atoms with E-state index < -0.39 is 0 Å². The predicted octanol–water partition coefficient (Wildman–Crippen LogP) is 2.82. The van der Waals surface area contributed by atoms with Crippen LogP contribution in [0.4, 0.5) is 0 Å². The zero-order valence-electron chi connectivity index (χ0n) is 17.7. The van der Waals surface area contributed by atoms with E-state index in [0.717, 1.165) is 77.9 Å². The van der Waals surface area contributed by atoms with E-state index in [1.165, 1.54) is 12.0 Å². The van der Waals surface area contributed by atoms with E-state index in [1.807, 2.05) is 6.07 Å². The zero-order valence-corrected chi connectivity index (χ0v) is 17.7. The molecule has 0 aromatic heterocycles. The molecule has 1 aliphatic rings. The molecule has 0 saturated carbocycles. The van der Waals surface area contributed by atoms with Crippen LogP contribution < -0.4 is 10.6 Å². The number of ether oxygens (including phenoxy) is 2. The van der Waals surface area contributed by atoms with Crippen molar-refractivity contribution in [1.82, 2.24) is 15.5 Å². The first-order chi connectivity index (χ1) is 13.8. The molecule has 2 rings (SSSR count). The van der Waals surface area contributed by atoms with E-state index >= 15 is 0 Å². The molecule has 1 heterocycles. The number of unbranched alkanes of at least 4 members (excludes halogenated alkanes) is 1. The Bertz CT molecular complexity index is 533. The van der Waals surface area contributed by atoms with Crippen molar-refractivity contribution in [2.45, 2.75) is 39.2 Å². The fraction of sp³-hybridized carbons (Fsp3) is 0.682. The number of nitrogens with zero attached hydrogens (tertiary/aromatic N) is 2. The SMILES string of the molecule is CCNC(=NCCCOC(C)c1ccccc1)NCCCCN1CCOCC1. The molecule has 158 valence electrons. The van der Waals surface area contributed by atoms with Crippen LogP contribution >= 0.6 is 0 Å². The first-order valence-corrected chi connectivity index (χ1v) is 10.8. The van der Waals surface area contributed by atoms with Crippen molar-refractivity contribution in [2.75, 3.05) is 59.1 Å². The summed E-state index contributed by atoms with van der Waals surface area (Å²) in [6.07, 6.45) is 3.41. The maximum atomic E-state index is 5.92. The molecular formula is C22H38N4O2. The lowest BCUT2D eigenvalue weighted by Crippen LogP contribution is -2.39. The molecule has 6 nitrogen and oxygen atoms in total. The van der Waals surface area contributed by atoms with Crippen molar-refractivity contribution >= 4 is 5.96 Å². The van der Waals surface area contributed by atoms with Crippen molar-refractivity contribution in [1.29, 1.82) is 0 Å². The maximum Gasteiger partial charge on any atom is 0.191 e. The topological polar surface area (TPSA) is 58.1 Å². The quantitative estimate of drug-likeness (QED) is 0.327. The second-order valence-electron chi connectivity index (χ2n) is 7.13. The van der Waals surface area contributed by atoms with Crippen LogP contribution in [0.2, 0.25) is 0 Å². The molecule has 0 amide bonds. The molecule has 0 aliphatic carbocycles. The van der Waals surface area contributed by atoms with E-state index in [-0.39, 0.29) is 6.10 Å².